The molecular weight excluding hydrogens is 326 g/mol. The highest BCUT2D eigenvalue weighted by molar-refractivity contribution is 7.15. The maximum Gasteiger partial charge on any atom is 0.286 e. The van der Waals surface area contributed by atoms with E-state index in [4.69, 9.17) is 15.2 Å². The summed E-state index contributed by atoms with van der Waals surface area (Å²) in [5.74, 6) is -0.275. The molecule has 0 aliphatic carbocycles. The van der Waals surface area contributed by atoms with Crippen molar-refractivity contribution in [1.82, 2.24) is 15.5 Å². The van der Waals surface area contributed by atoms with E-state index in [-0.39, 0.29) is 28.7 Å². The van der Waals surface area contributed by atoms with Crippen molar-refractivity contribution >= 4 is 28.1 Å². The minimum Gasteiger partial charge on any atom is -0.493 e. The number of hydrogen-bond donors (Lipinski definition) is 2. The average molecular weight is 339 g/mol. The molecule has 11 heteroatoms. The summed E-state index contributed by atoms with van der Waals surface area (Å²) >= 11 is 1.11. The number of nitrogens with two attached hydrogens (primary N) is 1. The molecule has 0 saturated heterocycles. The van der Waals surface area contributed by atoms with E-state index in [2.05, 4.69) is 15.5 Å². The minimum absolute atomic E-state index is 0.0548. The lowest BCUT2D eigenvalue weighted by Crippen LogP contribution is -2.23. The third-order valence-corrected chi connectivity index (χ3v) is 3.58. The van der Waals surface area contributed by atoms with Crippen molar-refractivity contribution in [3.63, 3.8) is 0 Å². The van der Waals surface area contributed by atoms with Gasteiger partial charge in [-0.05, 0) is 0 Å². The molecule has 2 rings (SSSR count). The first kappa shape index (κ1) is 16.4. The maximum atomic E-state index is 12.2. The van der Waals surface area contributed by atoms with Gasteiger partial charge in [0.15, 0.2) is 11.5 Å². The van der Waals surface area contributed by atoms with Crippen LogP contribution in [0, 0.1) is 10.1 Å². The second-order valence-electron chi connectivity index (χ2n) is 4.20. The number of nitrogens with one attached hydrogen (secondary N) is 1. The maximum absolute atomic E-state index is 12.2. The first-order valence-electron chi connectivity index (χ1n) is 6.22. The summed E-state index contributed by atoms with van der Waals surface area (Å²) in [6.07, 6.45) is 0. The predicted octanol–water partition coefficient (Wildman–Crippen LogP) is 0.976. The zero-order chi connectivity index (χ0) is 17.0. The summed E-state index contributed by atoms with van der Waals surface area (Å²) in [4.78, 5) is 22.7. The number of rotatable bonds is 6. The van der Waals surface area contributed by atoms with Crippen molar-refractivity contribution in [2.75, 3.05) is 20.0 Å². The monoisotopic (exact) mass is 339 g/mol. The Hall–Kier alpha value is -2.95. The third kappa shape index (κ3) is 3.63. The van der Waals surface area contributed by atoms with Crippen molar-refractivity contribution in [3.8, 4) is 11.5 Å². The van der Waals surface area contributed by atoms with Crippen molar-refractivity contribution < 1.29 is 19.2 Å². The minimum atomic E-state index is -0.667. The van der Waals surface area contributed by atoms with Gasteiger partial charge >= 0.3 is 0 Å². The number of nitrogens with zero attached hydrogens (tertiary/aromatic N) is 3. The molecule has 0 saturated carbocycles. The zero-order valence-corrected chi connectivity index (χ0v) is 13.0. The van der Waals surface area contributed by atoms with E-state index in [9.17, 15) is 14.9 Å². The number of nitro groups is 1. The topological polar surface area (TPSA) is 142 Å². The number of nitro benzene ring substituents is 1. The second-order valence-corrected chi connectivity index (χ2v) is 5.29. The highest BCUT2D eigenvalue weighted by atomic mass is 32.1. The molecule has 0 aliphatic heterocycles. The Morgan fingerprint density at radius 2 is 2.00 bits per heavy atom. The number of ether oxygens (including phenoxy) is 2. The fraction of sp³-hybridized carbons (Fsp3) is 0.250. The molecule has 0 radical (unpaired) electrons. The molecule has 1 aromatic heterocycles. The molecule has 0 fully saturated rings. The van der Waals surface area contributed by atoms with Crippen LogP contribution in [0.3, 0.4) is 0 Å². The molecule has 23 heavy (non-hydrogen) atoms. The molecule has 2 aromatic rings. The lowest BCUT2D eigenvalue weighted by molar-refractivity contribution is -0.385. The van der Waals surface area contributed by atoms with E-state index in [1.165, 1.54) is 20.3 Å². The van der Waals surface area contributed by atoms with Gasteiger partial charge in [-0.2, -0.15) is 0 Å². The van der Waals surface area contributed by atoms with E-state index < -0.39 is 16.5 Å². The van der Waals surface area contributed by atoms with Gasteiger partial charge in [0.25, 0.3) is 11.6 Å². The van der Waals surface area contributed by atoms with Gasteiger partial charge < -0.3 is 20.5 Å². The molecule has 0 bridgehead atoms. The molecule has 0 unspecified atom stereocenters. The fourth-order valence-electron chi connectivity index (χ4n) is 1.79. The van der Waals surface area contributed by atoms with Crippen molar-refractivity contribution in [2.45, 2.75) is 6.54 Å². The van der Waals surface area contributed by atoms with Gasteiger partial charge in [-0.25, -0.2) is 0 Å². The summed E-state index contributed by atoms with van der Waals surface area (Å²) in [7, 11) is 2.72. The number of aromatic nitrogens is 2. The van der Waals surface area contributed by atoms with Gasteiger partial charge in [0.2, 0.25) is 5.13 Å². The zero-order valence-electron chi connectivity index (χ0n) is 12.2. The Kier molecular flexibility index (Phi) is 4.91. The normalized spacial score (nSPS) is 10.2. The Labute approximate surface area is 134 Å². The highest BCUT2D eigenvalue weighted by Crippen LogP contribution is 2.34. The summed E-state index contributed by atoms with van der Waals surface area (Å²) in [6, 6.07) is 2.39. The van der Waals surface area contributed by atoms with Crippen LogP contribution in [0.2, 0.25) is 0 Å². The van der Waals surface area contributed by atoms with Gasteiger partial charge in [0.1, 0.15) is 10.6 Å². The molecular formula is C12H13N5O5S. The second kappa shape index (κ2) is 6.87. The first-order valence-corrected chi connectivity index (χ1v) is 7.04. The largest absolute Gasteiger partial charge is 0.493 e. The number of carbonyl (C=O) groups is 1. The number of amides is 1. The van der Waals surface area contributed by atoms with Crippen molar-refractivity contribution in [3.05, 3.63) is 32.8 Å². The van der Waals surface area contributed by atoms with Gasteiger partial charge in [0, 0.05) is 6.07 Å². The molecule has 10 nitrogen and oxygen atoms in total. The summed E-state index contributed by atoms with van der Waals surface area (Å²) in [5.41, 5.74) is 4.90. The van der Waals surface area contributed by atoms with Crippen LogP contribution in [0.25, 0.3) is 0 Å². The van der Waals surface area contributed by atoms with Crippen LogP contribution < -0.4 is 20.5 Å². The lowest BCUT2D eigenvalue weighted by Gasteiger charge is -2.10. The highest BCUT2D eigenvalue weighted by Gasteiger charge is 2.24. The first-order chi connectivity index (χ1) is 11.0. The quantitative estimate of drug-likeness (QED) is 0.585. The van der Waals surface area contributed by atoms with Crippen LogP contribution in [0.4, 0.5) is 10.8 Å². The smallest absolute Gasteiger partial charge is 0.286 e. The van der Waals surface area contributed by atoms with Crippen LogP contribution in [-0.2, 0) is 6.54 Å². The average Bonchev–Trinajstić information content (AvgIpc) is 2.96. The molecule has 0 atom stereocenters. The van der Waals surface area contributed by atoms with Gasteiger partial charge in [0.05, 0.1) is 31.8 Å². The lowest BCUT2D eigenvalue weighted by atomic mass is 10.1. The van der Waals surface area contributed by atoms with Crippen LogP contribution in [0.5, 0.6) is 11.5 Å². The number of carbonyl (C=O) groups excluding carboxylic acids is 1. The molecule has 3 N–H and O–H groups in total. The Bertz CT molecular complexity index is 747. The van der Waals surface area contributed by atoms with Gasteiger partial charge in [-0.15, -0.1) is 10.2 Å². The Morgan fingerprint density at radius 1 is 1.35 bits per heavy atom. The molecule has 1 aromatic carbocycles. The molecule has 122 valence electrons. The number of anilines is 1. The summed E-state index contributed by atoms with van der Waals surface area (Å²) < 4.78 is 10.1. The van der Waals surface area contributed by atoms with Crippen molar-refractivity contribution in [1.29, 1.82) is 0 Å². The van der Waals surface area contributed by atoms with Crippen LogP contribution in [0.15, 0.2) is 12.1 Å². The predicted molar refractivity (Wildman–Crippen MR) is 81.7 cm³/mol. The van der Waals surface area contributed by atoms with Crippen LogP contribution >= 0.6 is 11.3 Å². The third-order valence-electron chi connectivity index (χ3n) is 2.83. The Morgan fingerprint density at radius 3 is 2.52 bits per heavy atom. The fourth-order valence-corrected chi connectivity index (χ4v) is 2.34. The molecule has 1 heterocycles. The number of benzene rings is 1. The van der Waals surface area contributed by atoms with E-state index in [1.807, 2.05) is 0 Å². The molecule has 1 amide bonds. The molecule has 0 spiro atoms. The summed E-state index contributed by atoms with van der Waals surface area (Å²) in [5, 5.41) is 21.8. The van der Waals surface area contributed by atoms with Crippen LogP contribution in [0.1, 0.15) is 15.4 Å². The van der Waals surface area contributed by atoms with Gasteiger partial charge in [-0.1, -0.05) is 11.3 Å². The SMILES string of the molecule is COc1cc(C(=O)NCc2nnc(N)s2)c([N+](=O)[O-])cc1OC. The Balaban J connectivity index is 2.28. The van der Waals surface area contributed by atoms with Gasteiger partial charge in [-0.3, -0.25) is 14.9 Å². The van der Waals surface area contributed by atoms with Crippen LogP contribution in [-0.4, -0.2) is 35.2 Å². The summed E-state index contributed by atoms with van der Waals surface area (Å²) in [6.45, 7) is 0.0548. The van der Waals surface area contributed by atoms with E-state index in [1.54, 1.807) is 0 Å². The number of methoxy groups -OCH3 is 2. The number of nitrogen functional groups attached to an aromatic ring is 1. The van der Waals surface area contributed by atoms with Crippen molar-refractivity contribution in [2.24, 2.45) is 0 Å². The van der Waals surface area contributed by atoms with E-state index >= 15 is 0 Å². The standard InChI is InChI=1S/C12H13N5O5S/c1-21-8-3-6(7(17(19)20)4-9(8)22-2)11(18)14-5-10-15-16-12(13)23-10/h3-4H,5H2,1-2H3,(H2,13,16)(H,14,18). The van der Waals surface area contributed by atoms with E-state index in [0.29, 0.717) is 5.01 Å². The number of hydrogen-bond acceptors (Lipinski definition) is 9. The molecule has 0 aliphatic rings. The van der Waals surface area contributed by atoms with E-state index in [0.717, 1.165) is 17.4 Å².